The van der Waals surface area contributed by atoms with Crippen LogP contribution in [0.2, 0.25) is 10.0 Å². The predicted octanol–water partition coefficient (Wildman–Crippen LogP) is 4.80. The molecule has 27 heavy (non-hydrogen) atoms. The molecule has 2 aromatic rings. The number of aromatic nitrogens is 2. The molecule has 1 aromatic carbocycles. The molecule has 1 amide bonds. The van der Waals surface area contributed by atoms with Crippen molar-refractivity contribution in [3.05, 3.63) is 38.2 Å². The molecule has 4 rings (SSSR count). The Bertz CT molecular complexity index is 921. The Balaban J connectivity index is 1.60. The Hall–Kier alpha value is -1.59. The second-order valence-corrected chi connectivity index (χ2v) is 8.55. The van der Waals surface area contributed by atoms with E-state index in [4.69, 9.17) is 23.2 Å². The van der Waals surface area contributed by atoms with E-state index in [1.54, 1.807) is 12.1 Å². The van der Waals surface area contributed by atoms with Crippen LogP contribution < -0.4 is 5.56 Å². The number of hydrogen-bond acceptors (Lipinski definition) is 3. The minimum absolute atomic E-state index is 0.0589. The largest absolute Gasteiger partial charge is 0.334 e. The van der Waals surface area contributed by atoms with Crippen LogP contribution in [0, 0.1) is 5.92 Å². The van der Waals surface area contributed by atoms with Gasteiger partial charge < -0.3 is 9.88 Å². The number of H-pyrrole nitrogens is 1. The fourth-order valence-electron chi connectivity index (χ4n) is 4.52. The topological polar surface area (TPSA) is 66.1 Å². The van der Waals surface area contributed by atoms with Crippen molar-refractivity contribution in [2.45, 2.75) is 57.4 Å². The quantitative estimate of drug-likeness (QED) is 0.793. The van der Waals surface area contributed by atoms with Crippen molar-refractivity contribution in [1.29, 1.82) is 0 Å². The summed E-state index contributed by atoms with van der Waals surface area (Å²) in [4.78, 5) is 34.5. The van der Waals surface area contributed by atoms with Gasteiger partial charge in [-0.2, -0.15) is 0 Å². The third-order valence-corrected chi connectivity index (χ3v) is 6.63. The summed E-state index contributed by atoms with van der Waals surface area (Å²) in [7, 11) is 0. The standard InChI is InChI=1S/C20H23Cl2N3O2/c21-14-10-16-17(11-15(14)22)24-19(26)18(23-16)20(27)25-8-4-7-13(25)9-12-5-2-1-3-6-12/h10-13H,1-9H2,(H,24,26). The first-order valence-electron chi connectivity index (χ1n) is 9.73. The Morgan fingerprint density at radius 3 is 2.63 bits per heavy atom. The highest BCUT2D eigenvalue weighted by molar-refractivity contribution is 6.42. The molecule has 144 valence electrons. The maximum Gasteiger partial charge on any atom is 0.280 e. The van der Waals surface area contributed by atoms with E-state index in [9.17, 15) is 9.59 Å². The van der Waals surface area contributed by atoms with E-state index in [1.165, 1.54) is 32.1 Å². The first kappa shape index (κ1) is 18.8. The average Bonchev–Trinajstić information content (AvgIpc) is 3.11. The summed E-state index contributed by atoms with van der Waals surface area (Å²) in [6.07, 6.45) is 9.46. The van der Waals surface area contributed by atoms with E-state index >= 15 is 0 Å². The molecule has 1 aliphatic carbocycles. The van der Waals surface area contributed by atoms with Gasteiger partial charge >= 0.3 is 0 Å². The number of nitrogens with one attached hydrogen (secondary N) is 1. The normalized spacial score (nSPS) is 21.1. The molecule has 0 radical (unpaired) electrons. The van der Waals surface area contributed by atoms with Gasteiger partial charge in [-0.05, 0) is 37.3 Å². The van der Waals surface area contributed by atoms with Crippen molar-refractivity contribution in [3.63, 3.8) is 0 Å². The highest BCUT2D eigenvalue weighted by Crippen LogP contribution is 2.32. The predicted molar refractivity (Wildman–Crippen MR) is 108 cm³/mol. The Labute approximate surface area is 168 Å². The van der Waals surface area contributed by atoms with Crippen molar-refractivity contribution >= 4 is 40.1 Å². The zero-order valence-electron chi connectivity index (χ0n) is 15.1. The molecule has 1 aromatic heterocycles. The van der Waals surface area contributed by atoms with Crippen LogP contribution in [0.3, 0.4) is 0 Å². The smallest absolute Gasteiger partial charge is 0.280 e. The van der Waals surface area contributed by atoms with Crippen LogP contribution in [-0.2, 0) is 0 Å². The number of hydrogen-bond donors (Lipinski definition) is 1. The highest BCUT2D eigenvalue weighted by atomic mass is 35.5. The van der Waals surface area contributed by atoms with Crippen molar-refractivity contribution in [2.75, 3.05) is 6.54 Å². The van der Waals surface area contributed by atoms with Gasteiger partial charge in [-0.25, -0.2) is 4.98 Å². The molecule has 0 spiro atoms. The number of rotatable bonds is 3. The van der Waals surface area contributed by atoms with Gasteiger partial charge in [-0.15, -0.1) is 0 Å². The number of nitrogens with zero attached hydrogens (tertiary/aromatic N) is 2. The second-order valence-electron chi connectivity index (χ2n) is 7.73. The lowest BCUT2D eigenvalue weighted by Gasteiger charge is -2.30. The fourth-order valence-corrected chi connectivity index (χ4v) is 4.84. The zero-order valence-corrected chi connectivity index (χ0v) is 16.7. The molecule has 2 fully saturated rings. The molecule has 1 N–H and O–H groups in total. The summed E-state index contributed by atoms with van der Waals surface area (Å²) in [6.45, 7) is 0.691. The van der Waals surface area contributed by atoms with Crippen LogP contribution >= 0.6 is 23.2 Å². The van der Waals surface area contributed by atoms with Gasteiger partial charge in [0.05, 0.1) is 21.1 Å². The van der Waals surface area contributed by atoms with Crippen LogP contribution in [0.15, 0.2) is 16.9 Å². The van der Waals surface area contributed by atoms with Crippen LogP contribution in [0.5, 0.6) is 0 Å². The van der Waals surface area contributed by atoms with Crippen molar-refractivity contribution in [3.8, 4) is 0 Å². The monoisotopic (exact) mass is 407 g/mol. The average molecular weight is 408 g/mol. The van der Waals surface area contributed by atoms with E-state index in [-0.39, 0.29) is 17.6 Å². The molecule has 5 nitrogen and oxygen atoms in total. The van der Waals surface area contributed by atoms with Gasteiger partial charge in [0.1, 0.15) is 0 Å². The van der Waals surface area contributed by atoms with Crippen LogP contribution in [0.1, 0.15) is 61.9 Å². The molecule has 0 bridgehead atoms. The lowest BCUT2D eigenvalue weighted by Crippen LogP contribution is -2.40. The summed E-state index contributed by atoms with van der Waals surface area (Å²) in [5.41, 5.74) is 0.409. The molecule has 1 saturated carbocycles. The summed E-state index contributed by atoms with van der Waals surface area (Å²) in [5, 5.41) is 0.686. The van der Waals surface area contributed by atoms with Crippen LogP contribution in [-0.4, -0.2) is 33.4 Å². The number of halogens is 2. The molecule has 7 heteroatoms. The van der Waals surface area contributed by atoms with Gasteiger partial charge in [-0.1, -0.05) is 55.3 Å². The molecule has 1 saturated heterocycles. The fraction of sp³-hybridized carbons (Fsp3) is 0.550. The van der Waals surface area contributed by atoms with Gasteiger partial charge in [0.2, 0.25) is 0 Å². The summed E-state index contributed by atoms with van der Waals surface area (Å²) in [6, 6.07) is 3.35. The number of benzene rings is 1. The zero-order chi connectivity index (χ0) is 19.0. The molecule has 2 aliphatic rings. The number of aromatic amines is 1. The summed E-state index contributed by atoms with van der Waals surface area (Å²) >= 11 is 12.1. The van der Waals surface area contributed by atoms with Crippen molar-refractivity contribution in [2.24, 2.45) is 5.92 Å². The number of carbonyl (C=O) groups excluding carboxylic acids is 1. The lowest BCUT2D eigenvalue weighted by molar-refractivity contribution is 0.0704. The van der Waals surface area contributed by atoms with Gasteiger partial charge in [0, 0.05) is 12.6 Å². The second kappa shape index (κ2) is 7.80. The van der Waals surface area contributed by atoms with Crippen LogP contribution in [0.25, 0.3) is 11.0 Å². The third kappa shape index (κ3) is 3.85. The molecule has 1 unspecified atom stereocenters. The summed E-state index contributed by atoms with van der Waals surface area (Å²) < 4.78 is 0. The number of carbonyl (C=O) groups is 1. The molecule has 1 aliphatic heterocycles. The Kier molecular flexibility index (Phi) is 5.42. The van der Waals surface area contributed by atoms with E-state index in [0.717, 1.165) is 19.3 Å². The van der Waals surface area contributed by atoms with Crippen molar-refractivity contribution in [1.82, 2.24) is 14.9 Å². The van der Waals surface area contributed by atoms with E-state index in [2.05, 4.69) is 9.97 Å². The van der Waals surface area contributed by atoms with Gasteiger partial charge in [-0.3, -0.25) is 9.59 Å². The number of amides is 1. The molecular formula is C20H23Cl2N3O2. The van der Waals surface area contributed by atoms with Crippen molar-refractivity contribution < 1.29 is 4.79 Å². The van der Waals surface area contributed by atoms with E-state index in [1.807, 2.05) is 4.90 Å². The van der Waals surface area contributed by atoms with Crippen LogP contribution in [0.4, 0.5) is 0 Å². The minimum Gasteiger partial charge on any atom is -0.334 e. The first-order chi connectivity index (χ1) is 13.0. The summed E-state index contributed by atoms with van der Waals surface area (Å²) in [5.74, 6) is 0.420. The molecular weight excluding hydrogens is 385 g/mol. The minimum atomic E-state index is -0.478. The van der Waals surface area contributed by atoms with E-state index < -0.39 is 5.56 Å². The maximum absolute atomic E-state index is 13.1. The molecule has 2 heterocycles. The lowest BCUT2D eigenvalue weighted by atomic mass is 9.84. The first-order valence-corrected chi connectivity index (χ1v) is 10.5. The number of fused-ring (bicyclic) bond motifs is 1. The van der Waals surface area contributed by atoms with Gasteiger partial charge in [0.15, 0.2) is 5.69 Å². The molecule has 1 atom stereocenters. The Morgan fingerprint density at radius 2 is 1.85 bits per heavy atom. The maximum atomic E-state index is 13.1. The van der Waals surface area contributed by atoms with E-state index in [0.29, 0.717) is 33.5 Å². The number of likely N-dealkylation sites (tertiary alicyclic amines) is 1. The van der Waals surface area contributed by atoms with Gasteiger partial charge in [0.25, 0.3) is 11.5 Å². The third-order valence-electron chi connectivity index (χ3n) is 5.90. The highest BCUT2D eigenvalue weighted by Gasteiger charge is 2.33. The Morgan fingerprint density at radius 1 is 1.11 bits per heavy atom. The SMILES string of the molecule is O=C(c1nc2cc(Cl)c(Cl)cc2[nH]c1=O)N1CCCC1CC1CCCCC1.